The first-order valence-corrected chi connectivity index (χ1v) is 10.5. The van der Waals surface area contributed by atoms with Gasteiger partial charge in [-0.3, -0.25) is 5.32 Å². The third kappa shape index (κ3) is 6.51. The number of hydrogen-bond donors (Lipinski definition) is 2. The summed E-state index contributed by atoms with van der Waals surface area (Å²) in [6, 6.07) is 13.5. The number of anilines is 1. The van der Waals surface area contributed by atoms with Crippen LogP contribution in [0.2, 0.25) is 0 Å². The van der Waals surface area contributed by atoms with Crippen LogP contribution in [0.5, 0.6) is 5.75 Å². The zero-order valence-electron chi connectivity index (χ0n) is 19.7. The Morgan fingerprint density at radius 3 is 1.87 bits per heavy atom. The second-order valence-corrected chi connectivity index (χ2v) is 10.9. The van der Waals surface area contributed by atoms with Gasteiger partial charge in [-0.2, -0.15) is 0 Å². The van der Waals surface area contributed by atoms with E-state index in [1.807, 2.05) is 30.3 Å². The van der Waals surface area contributed by atoms with Crippen LogP contribution in [0.15, 0.2) is 42.5 Å². The quantitative estimate of drug-likeness (QED) is 0.568. The second kappa shape index (κ2) is 8.71. The molecule has 1 amide bonds. The Labute approximate surface area is 181 Å². The van der Waals surface area contributed by atoms with E-state index in [4.69, 9.17) is 4.74 Å². The third-order valence-electron chi connectivity index (χ3n) is 5.08. The highest BCUT2D eigenvalue weighted by molar-refractivity contribution is 5.84. The number of amides is 1. The minimum atomic E-state index is -0.453. The summed E-state index contributed by atoms with van der Waals surface area (Å²) in [5.41, 5.74) is 3.15. The van der Waals surface area contributed by atoms with Crippen molar-refractivity contribution < 1.29 is 14.6 Å². The highest BCUT2D eigenvalue weighted by atomic mass is 16.5. The van der Waals surface area contributed by atoms with Crippen molar-refractivity contribution in [1.82, 2.24) is 0 Å². The molecule has 2 N–H and O–H groups in total. The van der Waals surface area contributed by atoms with Crippen molar-refractivity contribution in [3.63, 3.8) is 0 Å². The number of carbonyl (C=O) groups is 1. The van der Waals surface area contributed by atoms with Crippen molar-refractivity contribution in [2.75, 3.05) is 11.9 Å². The predicted octanol–water partition coefficient (Wildman–Crippen LogP) is 6.80. The summed E-state index contributed by atoms with van der Waals surface area (Å²) in [6.07, 6.45) is 0.281. The molecule has 0 bridgehead atoms. The highest BCUT2D eigenvalue weighted by Crippen LogP contribution is 2.40. The molecular weight excluding hydrogens is 374 g/mol. The number of hydrogen-bond acceptors (Lipinski definition) is 3. The molecule has 4 nitrogen and oxygen atoms in total. The molecule has 0 fully saturated rings. The van der Waals surface area contributed by atoms with E-state index in [1.165, 1.54) is 0 Å². The summed E-state index contributed by atoms with van der Waals surface area (Å²) in [5.74, 6) is 0.384. The molecule has 2 aromatic carbocycles. The van der Waals surface area contributed by atoms with Gasteiger partial charge in [-0.15, -0.1) is 0 Å². The number of benzene rings is 2. The number of nitrogens with one attached hydrogen (secondary N) is 1. The summed E-state index contributed by atoms with van der Waals surface area (Å²) in [7, 11) is 0. The van der Waals surface area contributed by atoms with Crippen molar-refractivity contribution in [2.24, 2.45) is 5.41 Å². The largest absolute Gasteiger partial charge is 0.507 e. The van der Waals surface area contributed by atoms with Gasteiger partial charge in [0.05, 0.1) is 6.61 Å². The second-order valence-electron chi connectivity index (χ2n) is 10.9. The molecule has 0 heterocycles. The fourth-order valence-electron chi connectivity index (χ4n) is 3.48. The fourth-order valence-corrected chi connectivity index (χ4v) is 3.48. The summed E-state index contributed by atoms with van der Waals surface area (Å²) in [6.45, 7) is 17.1. The number of para-hydroxylation sites is 1. The van der Waals surface area contributed by atoms with E-state index in [1.54, 1.807) is 0 Å². The van der Waals surface area contributed by atoms with Crippen LogP contribution in [-0.4, -0.2) is 17.8 Å². The molecule has 0 saturated carbocycles. The van der Waals surface area contributed by atoms with Gasteiger partial charge in [-0.05, 0) is 46.1 Å². The Morgan fingerprint density at radius 2 is 1.40 bits per heavy atom. The topological polar surface area (TPSA) is 58.6 Å². The fraction of sp³-hybridized carbons (Fsp3) is 0.500. The van der Waals surface area contributed by atoms with E-state index in [9.17, 15) is 9.90 Å². The average molecular weight is 412 g/mol. The van der Waals surface area contributed by atoms with Gasteiger partial charge >= 0.3 is 6.09 Å². The number of carbonyl (C=O) groups excluding carboxylic acids is 1. The first-order valence-electron chi connectivity index (χ1n) is 10.5. The maximum atomic E-state index is 12.2. The summed E-state index contributed by atoms with van der Waals surface area (Å²) in [4.78, 5) is 12.2. The lowest BCUT2D eigenvalue weighted by molar-refractivity contribution is 0.110. The Morgan fingerprint density at radius 1 is 0.900 bits per heavy atom. The number of rotatable bonds is 5. The molecule has 4 heteroatoms. The SMILES string of the molecule is CC(C)(COC(=O)Nc1ccccc1)Cc1cc(C(C)(C)C)c(O)c(C(C)(C)C)c1. The highest BCUT2D eigenvalue weighted by Gasteiger charge is 2.28. The number of phenolic OH excluding ortho intramolecular Hbond substituents is 1. The van der Waals surface area contributed by atoms with Crippen molar-refractivity contribution >= 4 is 11.8 Å². The molecule has 164 valence electrons. The number of aromatic hydroxyl groups is 1. The zero-order valence-corrected chi connectivity index (χ0v) is 19.7. The molecule has 0 spiro atoms. The predicted molar refractivity (Wildman–Crippen MR) is 124 cm³/mol. The molecule has 0 aliphatic rings. The molecule has 30 heavy (non-hydrogen) atoms. The van der Waals surface area contributed by atoms with Gasteiger partial charge in [0.1, 0.15) is 5.75 Å². The summed E-state index contributed by atoms with van der Waals surface area (Å²) < 4.78 is 5.50. The van der Waals surface area contributed by atoms with Gasteiger partial charge in [-0.1, -0.05) is 85.7 Å². The van der Waals surface area contributed by atoms with Crippen LogP contribution in [0.1, 0.15) is 72.1 Å². The van der Waals surface area contributed by atoms with Gasteiger partial charge in [0.2, 0.25) is 0 Å². The van der Waals surface area contributed by atoms with Crippen molar-refractivity contribution in [2.45, 2.75) is 72.6 Å². The van der Waals surface area contributed by atoms with Gasteiger partial charge in [0.15, 0.2) is 0 Å². The first kappa shape index (κ1) is 23.8. The van der Waals surface area contributed by atoms with E-state index in [0.717, 1.165) is 23.1 Å². The van der Waals surface area contributed by atoms with Crippen molar-refractivity contribution in [3.8, 4) is 5.75 Å². The van der Waals surface area contributed by atoms with Crippen LogP contribution >= 0.6 is 0 Å². The Kier molecular flexibility index (Phi) is 6.90. The van der Waals surface area contributed by atoms with Gasteiger partial charge in [0, 0.05) is 11.1 Å². The molecule has 0 aromatic heterocycles. The lowest BCUT2D eigenvalue weighted by Gasteiger charge is -2.30. The van der Waals surface area contributed by atoms with Crippen LogP contribution in [0.25, 0.3) is 0 Å². The lowest BCUT2D eigenvalue weighted by atomic mass is 9.76. The van der Waals surface area contributed by atoms with Crippen LogP contribution in [-0.2, 0) is 22.0 Å². The minimum Gasteiger partial charge on any atom is -0.507 e. The Hall–Kier alpha value is -2.49. The summed E-state index contributed by atoms with van der Waals surface area (Å²) >= 11 is 0. The first-order chi connectivity index (χ1) is 13.7. The lowest BCUT2D eigenvalue weighted by Crippen LogP contribution is -2.27. The van der Waals surface area contributed by atoms with Crippen LogP contribution < -0.4 is 5.32 Å². The van der Waals surface area contributed by atoms with E-state index in [-0.39, 0.29) is 16.2 Å². The van der Waals surface area contributed by atoms with Gasteiger partial charge < -0.3 is 9.84 Å². The standard InChI is InChI=1S/C26H37NO3/c1-24(2,3)20-14-18(15-21(22(20)28)25(4,5)6)16-26(7,8)17-30-23(29)27-19-12-10-9-11-13-19/h9-15,28H,16-17H2,1-8H3,(H,27,29). The third-order valence-corrected chi connectivity index (χ3v) is 5.08. The van der Waals surface area contributed by atoms with E-state index in [2.05, 4.69) is 72.8 Å². The minimum absolute atomic E-state index is 0.170. The molecule has 0 aliphatic carbocycles. The molecule has 0 radical (unpaired) electrons. The van der Waals surface area contributed by atoms with Gasteiger partial charge in [-0.25, -0.2) is 4.79 Å². The maximum Gasteiger partial charge on any atom is 0.411 e. The number of ether oxygens (including phenoxy) is 1. The zero-order chi connectivity index (χ0) is 22.7. The smallest absolute Gasteiger partial charge is 0.411 e. The van der Waals surface area contributed by atoms with E-state index < -0.39 is 6.09 Å². The normalized spacial score (nSPS) is 12.5. The molecule has 0 aliphatic heterocycles. The van der Waals surface area contributed by atoms with E-state index in [0.29, 0.717) is 18.0 Å². The van der Waals surface area contributed by atoms with Crippen LogP contribution in [0, 0.1) is 5.41 Å². The molecule has 2 aromatic rings. The van der Waals surface area contributed by atoms with E-state index >= 15 is 0 Å². The number of phenols is 1. The van der Waals surface area contributed by atoms with Crippen molar-refractivity contribution in [1.29, 1.82) is 0 Å². The average Bonchev–Trinajstić information content (AvgIpc) is 2.60. The molecule has 0 saturated heterocycles. The van der Waals surface area contributed by atoms with Crippen molar-refractivity contribution in [3.05, 3.63) is 59.2 Å². The molecule has 2 rings (SSSR count). The van der Waals surface area contributed by atoms with Crippen LogP contribution in [0.3, 0.4) is 0 Å². The maximum absolute atomic E-state index is 12.2. The Bertz CT molecular complexity index is 836. The molecular formula is C26H37NO3. The molecule has 0 unspecified atom stereocenters. The Balaban J connectivity index is 2.17. The molecule has 0 atom stereocenters. The van der Waals surface area contributed by atoms with Crippen LogP contribution in [0.4, 0.5) is 10.5 Å². The van der Waals surface area contributed by atoms with Gasteiger partial charge in [0.25, 0.3) is 0 Å². The monoisotopic (exact) mass is 411 g/mol. The summed E-state index contributed by atoms with van der Waals surface area (Å²) in [5, 5.41) is 13.7.